The van der Waals surface area contributed by atoms with Crippen molar-refractivity contribution in [2.24, 2.45) is 0 Å². The molecule has 0 radical (unpaired) electrons. The summed E-state index contributed by atoms with van der Waals surface area (Å²) in [6, 6.07) is 10.1. The molecule has 3 rings (SSSR count). The van der Waals surface area contributed by atoms with Gasteiger partial charge in [-0.15, -0.1) is 16.8 Å². The number of rotatable bonds is 9. The molecule has 2 heterocycles. The van der Waals surface area contributed by atoms with Crippen LogP contribution in [0.15, 0.2) is 69.8 Å². The van der Waals surface area contributed by atoms with Crippen molar-refractivity contribution in [2.75, 3.05) is 12.3 Å². The summed E-state index contributed by atoms with van der Waals surface area (Å²) in [5.74, 6) is 1.99. The van der Waals surface area contributed by atoms with Gasteiger partial charge in [0.2, 0.25) is 10.0 Å². The number of allylic oxidation sites excluding steroid dienone is 1. The van der Waals surface area contributed by atoms with Crippen LogP contribution in [0.2, 0.25) is 0 Å². The van der Waals surface area contributed by atoms with Crippen LogP contribution in [-0.4, -0.2) is 35.5 Å². The van der Waals surface area contributed by atoms with E-state index in [2.05, 4.69) is 21.5 Å². The number of aryl methyl sites for hydroxylation is 1. The molecule has 0 spiro atoms. The van der Waals surface area contributed by atoms with Gasteiger partial charge >= 0.3 is 0 Å². The lowest BCUT2D eigenvalue weighted by molar-refractivity contribution is 0.534. The zero-order valence-corrected chi connectivity index (χ0v) is 16.5. The van der Waals surface area contributed by atoms with Gasteiger partial charge in [-0.1, -0.05) is 36.0 Å². The van der Waals surface area contributed by atoms with E-state index in [0.29, 0.717) is 23.3 Å². The van der Waals surface area contributed by atoms with E-state index < -0.39 is 10.0 Å². The third kappa shape index (κ3) is 4.49. The maximum absolute atomic E-state index is 12.2. The Morgan fingerprint density at radius 3 is 2.70 bits per heavy atom. The third-order valence-electron chi connectivity index (χ3n) is 3.81. The van der Waals surface area contributed by atoms with E-state index in [9.17, 15) is 8.42 Å². The molecule has 1 N–H and O–H groups in total. The first-order valence-electron chi connectivity index (χ1n) is 8.29. The van der Waals surface area contributed by atoms with Crippen molar-refractivity contribution in [3.63, 3.8) is 0 Å². The highest BCUT2D eigenvalue weighted by Crippen LogP contribution is 2.27. The molecule has 0 bridgehead atoms. The van der Waals surface area contributed by atoms with E-state index in [-0.39, 0.29) is 11.4 Å². The minimum atomic E-state index is -3.51. The molecule has 0 aliphatic rings. The number of nitrogens with one attached hydrogen (secondary N) is 1. The van der Waals surface area contributed by atoms with E-state index in [1.807, 2.05) is 17.6 Å². The van der Waals surface area contributed by atoms with E-state index in [0.717, 1.165) is 11.3 Å². The maximum Gasteiger partial charge on any atom is 0.240 e. The summed E-state index contributed by atoms with van der Waals surface area (Å²) in [7, 11) is -3.51. The van der Waals surface area contributed by atoms with Crippen LogP contribution in [0.1, 0.15) is 5.76 Å². The number of thioether (sulfide) groups is 1. The summed E-state index contributed by atoms with van der Waals surface area (Å²) in [5.41, 5.74) is 0.876. The first-order chi connectivity index (χ1) is 13.0. The van der Waals surface area contributed by atoms with Gasteiger partial charge in [0.05, 0.1) is 16.7 Å². The Kier molecular flexibility index (Phi) is 6.15. The fourth-order valence-electron chi connectivity index (χ4n) is 2.51. The van der Waals surface area contributed by atoms with Gasteiger partial charge in [-0.25, -0.2) is 13.1 Å². The molecule has 1 aromatic carbocycles. The van der Waals surface area contributed by atoms with Crippen LogP contribution in [0.3, 0.4) is 0 Å². The Labute approximate surface area is 162 Å². The van der Waals surface area contributed by atoms with Gasteiger partial charge in [-0.2, -0.15) is 0 Å². The molecule has 2 aromatic heterocycles. The van der Waals surface area contributed by atoms with Gasteiger partial charge in [-0.05, 0) is 25.1 Å². The van der Waals surface area contributed by atoms with E-state index >= 15 is 0 Å². The fourth-order valence-corrected chi connectivity index (χ4v) is 4.49. The fraction of sp³-hybridized carbons (Fsp3) is 0.222. The minimum Gasteiger partial charge on any atom is -0.469 e. The molecule has 27 heavy (non-hydrogen) atoms. The Bertz CT molecular complexity index is 1010. The van der Waals surface area contributed by atoms with Crippen LogP contribution >= 0.6 is 11.8 Å². The van der Waals surface area contributed by atoms with Crippen LogP contribution in [0.5, 0.6) is 0 Å². The molecule has 9 heteroatoms. The standard InChI is InChI=1S/C18H20N4O3S2/c1-3-11-22-17(16-9-12-25-14(16)2)20-21-18(22)26-13-10-19-27(23,24)15-7-5-4-6-8-15/h3-9,12,19H,1,10-11,13H2,2H3. The minimum absolute atomic E-state index is 0.252. The summed E-state index contributed by atoms with van der Waals surface area (Å²) in [6.07, 6.45) is 3.38. The number of nitrogens with zero attached hydrogens (tertiary/aromatic N) is 3. The Hall–Kier alpha value is -2.36. The predicted octanol–water partition coefficient (Wildman–Crippen LogP) is 3.10. The lowest BCUT2D eigenvalue weighted by atomic mass is 10.2. The number of sulfonamides is 1. The van der Waals surface area contributed by atoms with Gasteiger partial charge in [0.25, 0.3) is 0 Å². The molecular formula is C18H20N4O3S2. The lowest BCUT2D eigenvalue weighted by Crippen LogP contribution is -2.26. The number of benzene rings is 1. The summed E-state index contributed by atoms with van der Waals surface area (Å²) in [6.45, 7) is 6.48. The quantitative estimate of drug-likeness (QED) is 0.335. The molecule has 142 valence electrons. The zero-order valence-electron chi connectivity index (χ0n) is 14.8. The molecule has 0 saturated heterocycles. The van der Waals surface area contributed by atoms with Gasteiger partial charge in [-0.3, -0.25) is 4.57 Å². The molecule has 0 unspecified atom stereocenters. The normalized spacial score (nSPS) is 11.6. The molecular weight excluding hydrogens is 384 g/mol. The Morgan fingerprint density at radius 1 is 1.26 bits per heavy atom. The monoisotopic (exact) mass is 404 g/mol. The summed E-state index contributed by atoms with van der Waals surface area (Å²) in [5, 5.41) is 9.19. The molecule has 7 nitrogen and oxygen atoms in total. The predicted molar refractivity (Wildman–Crippen MR) is 105 cm³/mol. The Morgan fingerprint density at radius 2 is 2.04 bits per heavy atom. The highest BCUT2D eigenvalue weighted by molar-refractivity contribution is 7.99. The van der Waals surface area contributed by atoms with Crippen molar-refractivity contribution in [2.45, 2.75) is 23.5 Å². The van der Waals surface area contributed by atoms with Gasteiger partial charge in [0.15, 0.2) is 11.0 Å². The molecule has 0 fully saturated rings. The SMILES string of the molecule is C=CCn1c(SCCNS(=O)(=O)c2ccccc2)nnc1-c1ccoc1C. The second-order valence-corrected chi connectivity index (χ2v) is 8.48. The molecule has 0 aliphatic carbocycles. The average Bonchev–Trinajstić information content (AvgIpc) is 3.26. The first-order valence-corrected chi connectivity index (χ1v) is 10.8. The lowest BCUT2D eigenvalue weighted by Gasteiger charge is -2.08. The van der Waals surface area contributed by atoms with Crippen molar-refractivity contribution in [1.29, 1.82) is 0 Å². The number of hydrogen-bond acceptors (Lipinski definition) is 6. The van der Waals surface area contributed by atoms with Crippen LogP contribution in [0.25, 0.3) is 11.4 Å². The highest BCUT2D eigenvalue weighted by Gasteiger charge is 2.17. The van der Waals surface area contributed by atoms with Crippen LogP contribution in [0, 0.1) is 6.92 Å². The number of hydrogen-bond donors (Lipinski definition) is 1. The van der Waals surface area contributed by atoms with Gasteiger partial charge < -0.3 is 4.42 Å². The van der Waals surface area contributed by atoms with Crippen molar-refractivity contribution in [3.8, 4) is 11.4 Å². The van der Waals surface area contributed by atoms with Gasteiger partial charge in [0.1, 0.15) is 5.76 Å². The summed E-state index contributed by atoms with van der Waals surface area (Å²) in [4.78, 5) is 0.252. The summed E-state index contributed by atoms with van der Waals surface area (Å²) >= 11 is 1.43. The molecule has 0 aliphatic heterocycles. The topological polar surface area (TPSA) is 90.0 Å². The van der Waals surface area contributed by atoms with Crippen LogP contribution in [0.4, 0.5) is 0 Å². The van der Waals surface area contributed by atoms with Crippen molar-refractivity contribution in [1.82, 2.24) is 19.5 Å². The van der Waals surface area contributed by atoms with E-state index in [4.69, 9.17) is 4.42 Å². The maximum atomic E-state index is 12.2. The molecule has 0 atom stereocenters. The van der Waals surface area contributed by atoms with Crippen molar-refractivity contribution < 1.29 is 12.8 Å². The summed E-state index contributed by atoms with van der Waals surface area (Å²) < 4.78 is 34.3. The largest absolute Gasteiger partial charge is 0.469 e. The van der Waals surface area contributed by atoms with E-state index in [1.54, 1.807) is 42.7 Å². The first kappa shape index (κ1) is 19.4. The zero-order chi connectivity index (χ0) is 19.3. The second kappa shape index (κ2) is 8.55. The van der Waals surface area contributed by atoms with Crippen LogP contribution < -0.4 is 4.72 Å². The Balaban J connectivity index is 1.66. The van der Waals surface area contributed by atoms with Crippen molar-refractivity contribution in [3.05, 3.63) is 61.1 Å². The van der Waals surface area contributed by atoms with Gasteiger partial charge in [0, 0.05) is 18.8 Å². The molecule has 0 saturated carbocycles. The smallest absolute Gasteiger partial charge is 0.240 e. The third-order valence-corrected chi connectivity index (χ3v) is 6.25. The number of aromatic nitrogens is 3. The average molecular weight is 405 g/mol. The van der Waals surface area contributed by atoms with E-state index in [1.165, 1.54) is 11.8 Å². The van der Waals surface area contributed by atoms with Crippen LogP contribution in [-0.2, 0) is 16.6 Å². The van der Waals surface area contributed by atoms with Crippen molar-refractivity contribution >= 4 is 21.8 Å². The molecule has 0 amide bonds. The second-order valence-electron chi connectivity index (χ2n) is 5.66. The molecule has 3 aromatic rings. The number of furan rings is 1. The highest BCUT2D eigenvalue weighted by atomic mass is 32.2.